The number of ether oxygens (including phenoxy) is 1. The first-order valence-electron chi connectivity index (χ1n) is 10.9. The minimum Gasteiger partial charge on any atom is -0.487 e. The second-order valence-corrected chi connectivity index (χ2v) is 9.87. The van der Waals surface area contributed by atoms with Crippen molar-refractivity contribution >= 4 is 60.3 Å². The fourth-order valence-electron chi connectivity index (χ4n) is 3.79. The maximum Gasteiger partial charge on any atom is 0.266 e. The lowest BCUT2D eigenvalue weighted by atomic mass is 10.1. The Balaban J connectivity index is 1.65. The second-order valence-electron chi connectivity index (χ2n) is 8.10. The summed E-state index contributed by atoms with van der Waals surface area (Å²) in [6.07, 6.45) is 1.55. The van der Waals surface area contributed by atoms with Crippen LogP contribution < -0.4 is 10.1 Å². The van der Waals surface area contributed by atoms with Gasteiger partial charge in [-0.2, -0.15) is 5.26 Å². The molecule has 6 heteroatoms. The van der Waals surface area contributed by atoms with Crippen LogP contribution in [0.2, 0.25) is 0 Å². The zero-order valence-corrected chi connectivity index (χ0v) is 22.4. The van der Waals surface area contributed by atoms with E-state index in [2.05, 4.69) is 55.4 Å². The van der Waals surface area contributed by atoms with E-state index in [1.807, 2.05) is 74.5 Å². The number of aryl methyl sites for hydroxylation is 1. The highest BCUT2D eigenvalue weighted by Crippen LogP contribution is 2.35. The number of amides is 1. The van der Waals surface area contributed by atoms with Gasteiger partial charge in [0.2, 0.25) is 0 Å². The summed E-state index contributed by atoms with van der Waals surface area (Å²) in [7, 11) is 0. The normalized spacial score (nSPS) is 11.2. The lowest BCUT2D eigenvalue weighted by Gasteiger charge is -2.14. The predicted octanol–water partition coefficient (Wildman–Crippen LogP) is 8.11. The Labute approximate surface area is 221 Å². The SMILES string of the molecule is Cc1cccc(NC(=O)/C(C#N)=C/c2cc(Br)cc(Br)c2OCc2cccc3ccccc23)c1C. The third kappa shape index (κ3) is 5.64. The molecule has 0 heterocycles. The van der Waals surface area contributed by atoms with Crippen LogP contribution in [0.15, 0.2) is 87.3 Å². The molecule has 0 saturated carbocycles. The van der Waals surface area contributed by atoms with Crippen molar-refractivity contribution in [3.63, 3.8) is 0 Å². The molecular weight excluding hydrogens is 568 g/mol. The summed E-state index contributed by atoms with van der Waals surface area (Å²) in [5, 5.41) is 14.9. The van der Waals surface area contributed by atoms with Crippen LogP contribution in [0.5, 0.6) is 5.75 Å². The summed E-state index contributed by atoms with van der Waals surface area (Å²) in [5.41, 5.74) is 4.33. The van der Waals surface area contributed by atoms with Crippen molar-refractivity contribution in [1.82, 2.24) is 0 Å². The smallest absolute Gasteiger partial charge is 0.266 e. The number of anilines is 1. The summed E-state index contributed by atoms with van der Waals surface area (Å²) >= 11 is 7.07. The van der Waals surface area contributed by atoms with Gasteiger partial charge in [-0.15, -0.1) is 0 Å². The molecule has 1 amide bonds. The lowest BCUT2D eigenvalue weighted by molar-refractivity contribution is -0.112. The van der Waals surface area contributed by atoms with Crippen LogP contribution in [0.3, 0.4) is 0 Å². The molecule has 4 aromatic rings. The molecule has 0 fully saturated rings. The first-order chi connectivity index (χ1) is 16.9. The Bertz CT molecular complexity index is 1500. The molecule has 0 aliphatic carbocycles. The van der Waals surface area contributed by atoms with Crippen LogP contribution in [-0.2, 0) is 11.4 Å². The molecule has 0 aromatic heterocycles. The van der Waals surface area contributed by atoms with E-state index < -0.39 is 5.91 Å². The minimum atomic E-state index is -0.475. The Morgan fingerprint density at radius 3 is 2.57 bits per heavy atom. The topological polar surface area (TPSA) is 62.1 Å². The number of carbonyl (C=O) groups excluding carboxylic acids is 1. The van der Waals surface area contributed by atoms with E-state index in [9.17, 15) is 10.1 Å². The Morgan fingerprint density at radius 2 is 1.77 bits per heavy atom. The molecule has 0 saturated heterocycles. The van der Waals surface area contributed by atoms with Crippen LogP contribution in [0.1, 0.15) is 22.3 Å². The van der Waals surface area contributed by atoms with Gasteiger partial charge in [-0.3, -0.25) is 4.79 Å². The van der Waals surface area contributed by atoms with E-state index in [1.165, 1.54) is 0 Å². The van der Waals surface area contributed by atoms with Gasteiger partial charge in [-0.1, -0.05) is 70.5 Å². The molecule has 4 aromatic carbocycles. The minimum absolute atomic E-state index is 0.0223. The Kier molecular flexibility index (Phi) is 7.70. The predicted molar refractivity (Wildman–Crippen MR) is 148 cm³/mol. The number of nitrogens with zero attached hydrogens (tertiary/aromatic N) is 1. The maximum atomic E-state index is 13.0. The van der Waals surface area contributed by atoms with E-state index >= 15 is 0 Å². The van der Waals surface area contributed by atoms with Crippen molar-refractivity contribution < 1.29 is 9.53 Å². The fraction of sp³-hybridized carbons (Fsp3) is 0.103. The molecule has 35 heavy (non-hydrogen) atoms. The van der Waals surface area contributed by atoms with E-state index in [1.54, 1.807) is 6.08 Å². The van der Waals surface area contributed by atoms with Crippen molar-refractivity contribution in [2.75, 3.05) is 5.32 Å². The molecule has 4 nitrogen and oxygen atoms in total. The van der Waals surface area contributed by atoms with E-state index in [0.717, 1.165) is 31.9 Å². The highest BCUT2D eigenvalue weighted by Gasteiger charge is 2.16. The number of nitrogens with one attached hydrogen (secondary N) is 1. The van der Waals surface area contributed by atoms with Gasteiger partial charge in [0.15, 0.2) is 0 Å². The number of carbonyl (C=O) groups is 1. The monoisotopic (exact) mass is 588 g/mol. The van der Waals surface area contributed by atoms with Gasteiger partial charge in [0.1, 0.15) is 24.0 Å². The summed E-state index contributed by atoms with van der Waals surface area (Å²) in [6.45, 7) is 4.25. The highest BCUT2D eigenvalue weighted by atomic mass is 79.9. The van der Waals surface area contributed by atoms with Gasteiger partial charge in [0, 0.05) is 15.7 Å². The first-order valence-corrected chi connectivity index (χ1v) is 12.5. The molecular formula is C29H22Br2N2O2. The van der Waals surface area contributed by atoms with Crippen LogP contribution in [-0.4, -0.2) is 5.91 Å². The molecule has 0 unspecified atom stereocenters. The average Bonchev–Trinajstić information content (AvgIpc) is 2.84. The van der Waals surface area contributed by atoms with Gasteiger partial charge >= 0.3 is 0 Å². The molecule has 174 valence electrons. The number of benzene rings is 4. The van der Waals surface area contributed by atoms with Crippen molar-refractivity contribution in [3.05, 3.63) is 110 Å². The van der Waals surface area contributed by atoms with Crippen LogP contribution in [0.4, 0.5) is 5.69 Å². The molecule has 0 aliphatic heterocycles. The number of hydrogen-bond donors (Lipinski definition) is 1. The van der Waals surface area contributed by atoms with Crippen LogP contribution >= 0.6 is 31.9 Å². The Hall–Kier alpha value is -3.40. The highest BCUT2D eigenvalue weighted by molar-refractivity contribution is 9.11. The number of halogens is 2. The van der Waals surface area contributed by atoms with Crippen molar-refractivity contribution in [2.45, 2.75) is 20.5 Å². The third-order valence-corrected chi connectivity index (χ3v) is 6.85. The Morgan fingerprint density at radius 1 is 1.03 bits per heavy atom. The standard InChI is InChI=1S/C29H22Br2N2O2/c1-18-7-5-12-27(19(18)2)33-29(34)23(16-32)13-22-14-24(30)15-26(31)28(22)35-17-21-10-6-9-20-8-3-4-11-25(20)21/h3-15H,17H2,1-2H3,(H,33,34)/b23-13+. The van der Waals surface area contributed by atoms with Crippen molar-refractivity contribution in [2.24, 2.45) is 0 Å². The summed E-state index contributed by atoms with van der Waals surface area (Å²) in [4.78, 5) is 13.0. The molecule has 1 N–H and O–H groups in total. The number of fused-ring (bicyclic) bond motifs is 1. The molecule has 0 atom stereocenters. The number of nitriles is 1. The summed E-state index contributed by atoms with van der Waals surface area (Å²) < 4.78 is 7.75. The summed E-state index contributed by atoms with van der Waals surface area (Å²) in [5.74, 6) is 0.0747. The zero-order valence-electron chi connectivity index (χ0n) is 19.2. The summed E-state index contributed by atoms with van der Waals surface area (Å²) in [6, 6.07) is 25.6. The van der Waals surface area contributed by atoms with E-state index in [-0.39, 0.29) is 5.57 Å². The second kappa shape index (κ2) is 10.9. The third-order valence-electron chi connectivity index (χ3n) is 5.81. The first kappa shape index (κ1) is 24.7. The number of rotatable bonds is 6. The average molecular weight is 590 g/mol. The van der Waals surface area contributed by atoms with E-state index in [4.69, 9.17) is 4.74 Å². The van der Waals surface area contributed by atoms with Gasteiger partial charge in [-0.05, 0) is 81.5 Å². The van der Waals surface area contributed by atoms with Gasteiger partial charge in [0.25, 0.3) is 5.91 Å². The van der Waals surface area contributed by atoms with Crippen molar-refractivity contribution in [3.8, 4) is 11.8 Å². The molecule has 4 rings (SSSR count). The molecule has 0 bridgehead atoms. The van der Waals surface area contributed by atoms with Gasteiger partial charge in [-0.25, -0.2) is 0 Å². The van der Waals surface area contributed by atoms with Gasteiger partial charge in [0.05, 0.1) is 4.47 Å². The molecule has 0 spiro atoms. The van der Waals surface area contributed by atoms with Crippen LogP contribution in [0, 0.1) is 25.2 Å². The maximum absolute atomic E-state index is 13.0. The number of hydrogen-bond acceptors (Lipinski definition) is 3. The lowest BCUT2D eigenvalue weighted by Crippen LogP contribution is -2.14. The van der Waals surface area contributed by atoms with Gasteiger partial charge < -0.3 is 10.1 Å². The largest absolute Gasteiger partial charge is 0.487 e. The quantitative estimate of drug-likeness (QED) is 0.182. The fourth-order valence-corrected chi connectivity index (χ4v) is 5.16. The molecule has 0 radical (unpaired) electrons. The molecule has 0 aliphatic rings. The zero-order chi connectivity index (χ0) is 24.9. The van der Waals surface area contributed by atoms with Crippen LogP contribution in [0.25, 0.3) is 16.8 Å². The van der Waals surface area contributed by atoms with Crippen molar-refractivity contribution in [1.29, 1.82) is 5.26 Å². The van der Waals surface area contributed by atoms with E-state index in [0.29, 0.717) is 28.1 Å².